The summed E-state index contributed by atoms with van der Waals surface area (Å²) in [5.74, 6) is -0.00973. The Hall–Kier alpha value is -1.99. The van der Waals surface area contributed by atoms with Crippen LogP contribution >= 0.6 is 11.3 Å². The molecule has 1 amide bonds. The summed E-state index contributed by atoms with van der Waals surface area (Å²) in [6.45, 7) is -1.57. The largest absolute Gasteiger partial charge is 0.435 e. The Labute approximate surface area is 131 Å². The van der Waals surface area contributed by atoms with E-state index in [0.717, 1.165) is 10.4 Å². The van der Waals surface area contributed by atoms with Gasteiger partial charge in [0.1, 0.15) is 5.75 Å². The minimum Gasteiger partial charge on any atom is -0.435 e. The van der Waals surface area contributed by atoms with Crippen molar-refractivity contribution in [3.8, 4) is 16.2 Å². The number of hydrogen-bond donors (Lipinski definition) is 2. The van der Waals surface area contributed by atoms with Gasteiger partial charge in [0.15, 0.2) is 0 Å². The standard InChI is InChI=1S/C15H16F2N2O2S/c1-18-8-9-19-14(20)13-7-6-12(22-13)10-2-4-11(5-3-10)21-15(16)17/h2-7,15,18H,8-9H2,1H3,(H,19,20). The zero-order valence-corrected chi connectivity index (χ0v) is 12.8. The van der Waals surface area contributed by atoms with Gasteiger partial charge in [-0.1, -0.05) is 0 Å². The summed E-state index contributed by atoms with van der Waals surface area (Å²) in [4.78, 5) is 13.4. The van der Waals surface area contributed by atoms with E-state index < -0.39 is 6.61 Å². The molecule has 118 valence electrons. The number of nitrogens with one attached hydrogen (secondary N) is 2. The molecule has 0 fully saturated rings. The highest BCUT2D eigenvalue weighted by Crippen LogP contribution is 2.29. The third kappa shape index (κ3) is 4.51. The average Bonchev–Trinajstić information content (AvgIpc) is 2.97. The molecule has 4 nitrogen and oxygen atoms in total. The van der Waals surface area contributed by atoms with Crippen LogP contribution in [0.4, 0.5) is 8.78 Å². The van der Waals surface area contributed by atoms with Crippen LogP contribution < -0.4 is 15.4 Å². The third-order valence-electron chi connectivity index (χ3n) is 2.85. The zero-order valence-electron chi connectivity index (χ0n) is 11.9. The van der Waals surface area contributed by atoms with Gasteiger partial charge in [-0.2, -0.15) is 8.78 Å². The van der Waals surface area contributed by atoms with Crippen LogP contribution in [0.2, 0.25) is 0 Å². The van der Waals surface area contributed by atoms with Crippen molar-refractivity contribution in [2.75, 3.05) is 20.1 Å². The Kier molecular flexibility index (Phi) is 5.85. The lowest BCUT2D eigenvalue weighted by Crippen LogP contribution is -2.29. The maximum Gasteiger partial charge on any atom is 0.387 e. The monoisotopic (exact) mass is 326 g/mol. The molecule has 22 heavy (non-hydrogen) atoms. The number of benzene rings is 1. The fourth-order valence-electron chi connectivity index (χ4n) is 1.80. The SMILES string of the molecule is CNCCNC(=O)c1ccc(-c2ccc(OC(F)F)cc2)s1. The van der Waals surface area contributed by atoms with Crippen molar-refractivity contribution < 1.29 is 18.3 Å². The van der Waals surface area contributed by atoms with Crippen molar-refractivity contribution in [2.24, 2.45) is 0 Å². The van der Waals surface area contributed by atoms with Crippen LogP contribution in [0.5, 0.6) is 5.75 Å². The van der Waals surface area contributed by atoms with E-state index >= 15 is 0 Å². The van der Waals surface area contributed by atoms with Crippen LogP contribution in [-0.2, 0) is 0 Å². The summed E-state index contributed by atoms with van der Waals surface area (Å²) < 4.78 is 28.5. The van der Waals surface area contributed by atoms with Crippen molar-refractivity contribution in [1.82, 2.24) is 10.6 Å². The number of likely N-dealkylation sites (N-methyl/N-ethyl adjacent to an activating group) is 1. The topological polar surface area (TPSA) is 50.4 Å². The van der Waals surface area contributed by atoms with Crippen molar-refractivity contribution >= 4 is 17.2 Å². The predicted octanol–water partition coefficient (Wildman–Crippen LogP) is 2.97. The van der Waals surface area contributed by atoms with Crippen molar-refractivity contribution in [2.45, 2.75) is 6.61 Å². The minimum atomic E-state index is -2.83. The van der Waals surface area contributed by atoms with Gasteiger partial charge < -0.3 is 15.4 Å². The first-order chi connectivity index (χ1) is 10.6. The van der Waals surface area contributed by atoms with E-state index in [9.17, 15) is 13.6 Å². The molecule has 0 aliphatic rings. The molecular weight excluding hydrogens is 310 g/mol. The number of ether oxygens (including phenoxy) is 1. The third-order valence-corrected chi connectivity index (χ3v) is 3.99. The number of amides is 1. The Bertz CT molecular complexity index is 614. The number of alkyl halides is 2. The van der Waals surface area contributed by atoms with Crippen molar-refractivity contribution in [1.29, 1.82) is 0 Å². The fourth-order valence-corrected chi connectivity index (χ4v) is 2.73. The summed E-state index contributed by atoms with van der Waals surface area (Å²) in [6, 6.07) is 9.92. The molecule has 2 N–H and O–H groups in total. The van der Waals surface area contributed by atoms with Crippen molar-refractivity contribution in [3.63, 3.8) is 0 Å². The van der Waals surface area contributed by atoms with Crippen LogP contribution in [0.25, 0.3) is 10.4 Å². The van der Waals surface area contributed by atoms with Gasteiger partial charge in [0.05, 0.1) is 4.88 Å². The number of carbonyl (C=O) groups excluding carboxylic acids is 1. The zero-order chi connectivity index (χ0) is 15.9. The average molecular weight is 326 g/mol. The predicted molar refractivity (Wildman–Crippen MR) is 82.6 cm³/mol. The second kappa shape index (κ2) is 7.86. The first-order valence-electron chi connectivity index (χ1n) is 6.68. The Balaban J connectivity index is 2.03. The number of thiophene rings is 1. The van der Waals surface area contributed by atoms with Gasteiger partial charge in [0.25, 0.3) is 5.91 Å². The first kappa shape index (κ1) is 16.4. The van der Waals surface area contributed by atoms with Gasteiger partial charge in [-0.05, 0) is 49.0 Å². The van der Waals surface area contributed by atoms with Gasteiger partial charge in [-0.15, -0.1) is 11.3 Å². The lowest BCUT2D eigenvalue weighted by molar-refractivity contribution is -0.0498. The molecule has 1 aromatic carbocycles. The Morgan fingerprint density at radius 2 is 1.91 bits per heavy atom. The summed E-state index contributed by atoms with van der Waals surface area (Å²) in [6.07, 6.45) is 0. The Morgan fingerprint density at radius 1 is 1.18 bits per heavy atom. The van der Waals surface area contributed by atoms with Gasteiger partial charge in [-0.3, -0.25) is 4.79 Å². The highest BCUT2D eigenvalue weighted by molar-refractivity contribution is 7.17. The quantitative estimate of drug-likeness (QED) is 0.769. The molecule has 0 unspecified atom stereocenters. The molecule has 0 atom stereocenters. The lowest BCUT2D eigenvalue weighted by atomic mass is 10.2. The molecule has 0 saturated carbocycles. The molecule has 0 aliphatic heterocycles. The van der Waals surface area contributed by atoms with Gasteiger partial charge >= 0.3 is 6.61 Å². The maximum absolute atomic E-state index is 12.1. The smallest absolute Gasteiger partial charge is 0.387 e. The Morgan fingerprint density at radius 3 is 2.55 bits per heavy atom. The van der Waals surface area contributed by atoms with E-state index in [1.165, 1.54) is 23.5 Å². The molecule has 2 aromatic rings. The first-order valence-corrected chi connectivity index (χ1v) is 7.49. The van der Waals surface area contributed by atoms with E-state index in [1.807, 2.05) is 13.1 Å². The number of rotatable bonds is 7. The normalized spacial score (nSPS) is 10.7. The van der Waals surface area contributed by atoms with Crippen LogP contribution in [-0.4, -0.2) is 32.7 Å². The second-order valence-electron chi connectivity index (χ2n) is 4.43. The molecule has 1 aromatic heterocycles. The van der Waals surface area contributed by atoms with E-state index in [2.05, 4.69) is 15.4 Å². The highest BCUT2D eigenvalue weighted by atomic mass is 32.1. The fraction of sp³-hybridized carbons (Fsp3) is 0.267. The molecular formula is C15H16F2N2O2S. The molecule has 7 heteroatoms. The van der Waals surface area contributed by atoms with E-state index in [1.54, 1.807) is 18.2 Å². The highest BCUT2D eigenvalue weighted by Gasteiger charge is 2.10. The van der Waals surface area contributed by atoms with Crippen LogP contribution in [0, 0.1) is 0 Å². The molecule has 2 rings (SSSR count). The van der Waals surface area contributed by atoms with Crippen molar-refractivity contribution in [3.05, 3.63) is 41.3 Å². The maximum atomic E-state index is 12.1. The van der Waals surface area contributed by atoms with Crippen LogP contribution in [0.3, 0.4) is 0 Å². The summed E-state index contributed by atoms with van der Waals surface area (Å²) in [5.41, 5.74) is 0.848. The number of carbonyl (C=O) groups is 1. The molecule has 1 heterocycles. The molecule has 0 saturated heterocycles. The van der Waals surface area contributed by atoms with E-state index in [0.29, 0.717) is 18.0 Å². The summed E-state index contributed by atoms with van der Waals surface area (Å²) in [5, 5.41) is 5.75. The van der Waals surface area contributed by atoms with Crippen LogP contribution in [0.15, 0.2) is 36.4 Å². The lowest BCUT2D eigenvalue weighted by Gasteiger charge is -2.04. The second-order valence-corrected chi connectivity index (χ2v) is 5.51. The molecule has 0 radical (unpaired) electrons. The summed E-state index contributed by atoms with van der Waals surface area (Å²) in [7, 11) is 1.82. The van der Waals surface area contributed by atoms with Crippen LogP contribution in [0.1, 0.15) is 9.67 Å². The van der Waals surface area contributed by atoms with Gasteiger partial charge in [0.2, 0.25) is 0 Å². The molecule has 0 spiro atoms. The van der Waals surface area contributed by atoms with E-state index in [4.69, 9.17) is 0 Å². The molecule has 0 aliphatic carbocycles. The number of hydrogen-bond acceptors (Lipinski definition) is 4. The van der Waals surface area contributed by atoms with Gasteiger partial charge in [-0.25, -0.2) is 0 Å². The van der Waals surface area contributed by atoms with E-state index in [-0.39, 0.29) is 11.7 Å². The molecule has 0 bridgehead atoms. The minimum absolute atomic E-state index is 0.111. The van der Waals surface area contributed by atoms with Gasteiger partial charge in [0, 0.05) is 18.0 Å². The number of halogens is 2. The summed E-state index contributed by atoms with van der Waals surface area (Å²) >= 11 is 1.35.